The normalized spacial score (nSPS) is 18.5. The number of methoxy groups -OCH3 is 1. The molecule has 1 fully saturated rings. The van der Waals surface area contributed by atoms with Gasteiger partial charge in [-0.05, 0) is 36.4 Å². The van der Waals surface area contributed by atoms with Crippen LogP contribution in [-0.4, -0.2) is 56.4 Å². The predicted molar refractivity (Wildman–Crippen MR) is 94.9 cm³/mol. The van der Waals surface area contributed by atoms with Crippen LogP contribution in [-0.2, 0) is 26.0 Å². The lowest BCUT2D eigenvalue weighted by Gasteiger charge is -2.32. The van der Waals surface area contributed by atoms with Crippen LogP contribution in [0.4, 0.5) is 4.39 Å². The average Bonchev–Trinajstić information content (AvgIpc) is 3.15. The molecule has 28 heavy (non-hydrogen) atoms. The first-order valence-corrected chi connectivity index (χ1v) is 10.2. The maximum atomic E-state index is 12.9. The number of benzene rings is 1. The number of hydrogen-bond acceptors (Lipinski definition) is 7. The van der Waals surface area contributed by atoms with Crippen LogP contribution >= 0.6 is 0 Å². The third-order valence-electron chi connectivity index (χ3n) is 4.23. The molecule has 10 heteroatoms. The summed E-state index contributed by atoms with van der Waals surface area (Å²) in [4.78, 5) is 25.8. The number of halogens is 1. The molecule has 3 rings (SSSR count). The maximum absolute atomic E-state index is 12.9. The van der Waals surface area contributed by atoms with Crippen LogP contribution in [0.1, 0.15) is 16.3 Å². The van der Waals surface area contributed by atoms with E-state index in [0.717, 1.165) is 12.0 Å². The Morgan fingerprint density at radius 2 is 1.93 bits per heavy atom. The highest BCUT2D eigenvalue weighted by molar-refractivity contribution is 7.91. The molecular formula is C18H18FNO7S. The Morgan fingerprint density at radius 1 is 1.21 bits per heavy atom. The molecule has 150 valence electrons. The fourth-order valence-corrected chi connectivity index (χ4v) is 4.22. The van der Waals surface area contributed by atoms with Gasteiger partial charge in [-0.3, -0.25) is 4.79 Å². The molecule has 0 bridgehead atoms. The van der Waals surface area contributed by atoms with Crippen molar-refractivity contribution in [2.45, 2.75) is 12.6 Å². The van der Waals surface area contributed by atoms with E-state index in [9.17, 15) is 22.4 Å². The quantitative estimate of drug-likeness (QED) is 0.686. The highest BCUT2D eigenvalue weighted by Crippen LogP contribution is 2.20. The standard InChI is InChI=1S/C18H18FNO7S/c1-25-18(22)15-11-28(23,24)9-8-20(15)17(21)16-7-6-14(27-16)10-26-13-4-2-12(19)3-5-13/h2-7,15H,8-11H2,1H3. The molecule has 2 heterocycles. The van der Waals surface area contributed by atoms with Crippen LogP contribution in [0.3, 0.4) is 0 Å². The lowest BCUT2D eigenvalue weighted by Crippen LogP contribution is -2.55. The Bertz CT molecular complexity index is 968. The van der Waals surface area contributed by atoms with Crippen molar-refractivity contribution in [3.63, 3.8) is 0 Å². The highest BCUT2D eigenvalue weighted by Gasteiger charge is 2.40. The van der Waals surface area contributed by atoms with Gasteiger partial charge in [-0.2, -0.15) is 0 Å². The van der Waals surface area contributed by atoms with E-state index >= 15 is 0 Å². The van der Waals surface area contributed by atoms with Crippen molar-refractivity contribution in [3.05, 3.63) is 53.7 Å². The highest BCUT2D eigenvalue weighted by atomic mass is 32.2. The van der Waals surface area contributed by atoms with E-state index in [-0.39, 0.29) is 30.5 Å². The summed E-state index contributed by atoms with van der Waals surface area (Å²) in [6, 6.07) is 7.15. The van der Waals surface area contributed by atoms with Crippen LogP contribution in [0, 0.1) is 5.82 Å². The van der Waals surface area contributed by atoms with Crippen LogP contribution in [0.2, 0.25) is 0 Å². The number of carbonyl (C=O) groups is 2. The van der Waals surface area contributed by atoms with E-state index in [1.165, 1.54) is 36.4 Å². The molecule has 1 aliphatic heterocycles. The average molecular weight is 411 g/mol. The van der Waals surface area contributed by atoms with Crippen LogP contribution in [0.15, 0.2) is 40.8 Å². The number of rotatable bonds is 5. The first kappa shape index (κ1) is 19.9. The number of hydrogen-bond donors (Lipinski definition) is 0. The maximum Gasteiger partial charge on any atom is 0.329 e. The lowest BCUT2D eigenvalue weighted by molar-refractivity contribution is -0.145. The zero-order valence-electron chi connectivity index (χ0n) is 15.0. The molecule has 8 nitrogen and oxygen atoms in total. The van der Waals surface area contributed by atoms with Crippen molar-refractivity contribution in [1.29, 1.82) is 0 Å². The Kier molecular flexibility index (Phi) is 5.68. The molecule has 1 unspecified atom stereocenters. The zero-order valence-corrected chi connectivity index (χ0v) is 15.8. The molecule has 0 N–H and O–H groups in total. The van der Waals surface area contributed by atoms with Gasteiger partial charge in [0.2, 0.25) is 0 Å². The molecular weight excluding hydrogens is 393 g/mol. The minimum Gasteiger partial charge on any atom is -0.486 e. The number of esters is 1. The van der Waals surface area contributed by atoms with E-state index in [2.05, 4.69) is 4.74 Å². The predicted octanol–water partition coefficient (Wildman–Crippen LogP) is 1.41. The number of amides is 1. The first-order valence-electron chi connectivity index (χ1n) is 8.35. The largest absolute Gasteiger partial charge is 0.486 e. The van der Waals surface area contributed by atoms with Gasteiger partial charge in [0, 0.05) is 6.54 Å². The van der Waals surface area contributed by atoms with Crippen molar-refractivity contribution in [3.8, 4) is 5.75 Å². The van der Waals surface area contributed by atoms with Crippen molar-refractivity contribution >= 4 is 21.7 Å². The van der Waals surface area contributed by atoms with Gasteiger partial charge in [0.05, 0.1) is 18.6 Å². The number of furan rings is 1. The Hall–Kier alpha value is -2.88. The minimum absolute atomic E-state index is 0.00766. The molecule has 1 aromatic heterocycles. The first-order chi connectivity index (χ1) is 13.3. The van der Waals surface area contributed by atoms with Gasteiger partial charge in [0.25, 0.3) is 5.91 Å². The van der Waals surface area contributed by atoms with Crippen molar-refractivity contribution in [1.82, 2.24) is 4.90 Å². The Balaban J connectivity index is 1.70. The summed E-state index contributed by atoms with van der Waals surface area (Å²) in [6.45, 7) is -0.128. The Morgan fingerprint density at radius 3 is 2.61 bits per heavy atom. The molecule has 1 amide bonds. The third-order valence-corrected chi connectivity index (χ3v) is 5.86. The van der Waals surface area contributed by atoms with E-state index in [1.54, 1.807) is 0 Å². The van der Waals surface area contributed by atoms with Gasteiger partial charge in [-0.25, -0.2) is 17.6 Å². The van der Waals surface area contributed by atoms with Gasteiger partial charge in [-0.15, -0.1) is 0 Å². The van der Waals surface area contributed by atoms with Gasteiger partial charge >= 0.3 is 5.97 Å². The van der Waals surface area contributed by atoms with E-state index in [1.807, 2.05) is 0 Å². The van der Waals surface area contributed by atoms with E-state index < -0.39 is 33.5 Å². The molecule has 0 aliphatic carbocycles. The molecule has 0 saturated carbocycles. The zero-order chi connectivity index (χ0) is 20.3. The second kappa shape index (κ2) is 8.01. The minimum atomic E-state index is -3.44. The smallest absolute Gasteiger partial charge is 0.329 e. The van der Waals surface area contributed by atoms with Gasteiger partial charge in [-0.1, -0.05) is 0 Å². The van der Waals surface area contributed by atoms with Crippen molar-refractivity contribution in [2.75, 3.05) is 25.2 Å². The molecule has 1 aliphatic rings. The second-order valence-corrected chi connectivity index (χ2v) is 8.39. The topological polar surface area (TPSA) is 103 Å². The number of carbonyl (C=O) groups excluding carboxylic acids is 2. The fraction of sp³-hybridized carbons (Fsp3) is 0.333. The summed E-state index contributed by atoms with van der Waals surface area (Å²) in [6.07, 6.45) is 0. The summed E-state index contributed by atoms with van der Waals surface area (Å²) in [5.41, 5.74) is 0. The Labute approximate surface area is 160 Å². The fourth-order valence-electron chi connectivity index (χ4n) is 2.78. The SMILES string of the molecule is COC(=O)C1CS(=O)(=O)CCN1C(=O)c1ccc(COc2ccc(F)cc2)o1. The van der Waals surface area contributed by atoms with Gasteiger partial charge in [0.1, 0.15) is 30.0 Å². The van der Waals surface area contributed by atoms with Gasteiger partial charge < -0.3 is 18.8 Å². The summed E-state index contributed by atoms with van der Waals surface area (Å²) >= 11 is 0. The van der Waals surface area contributed by atoms with Crippen LogP contribution in [0.25, 0.3) is 0 Å². The van der Waals surface area contributed by atoms with Crippen LogP contribution < -0.4 is 4.74 Å². The summed E-state index contributed by atoms with van der Waals surface area (Å²) in [5, 5.41) is 0. The molecule has 1 aromatic carbocycles. The second-order valence-electron chi connectivity index (χ2n) is 6.16. The van der Waals surface area contributed by atoms with Crippen molar-refractivity contribution in [2.24, 2.45) is 0 Å². The monoisotopic (exact) mass is 411 g/mol. The lowest BCUT2D eigenvalue weighted by atomic mass is 10.2. The van der Waals surface area contributed by atoms with Crippen molar-refractivity contribution < 1.29 is 36.3 Å². The molecule has 0 spiro atoms. The molecule has 2 aromatic rings. The summed E-state index contributed by atoms with van der Waals surface area (Å²) < 4.78 is 52.1. The molecule has 0 radical (unpaired) electrons. The van der Waals surface area contributed by atoms with Crippen LogP contribution in [0.5, 0.6) is 5.75 Å². The number of nitrogens with zero attached hydrogens (tertiary/aromatic N) is 1. The van der Waals surface area contributed by atoms with E-state index in [0.29, 0.717) is 11.5 Å². The third kappa shape index (κ3) is 4.50. The van der Waals surface area contributed by atoms with E-state index in [4.69, 9.17) is 9.15 Å². The molecule has 1 atom stereocenters. The number of ether oxygens (including phenoxy) is 2. The summed E-state index contributed by atoms with van der Waals surface area (Å²) in [7, 11) is -2.32. The number of sulfone groups is 1. The summed E-state index contributed by atoms with van der Waals surface area (Å²) in [5.74, 6) is -1.82. The van der Waals surface area contributed by atoms with Gasteiger partial charge in [0.15, 0.2) is 15.6 Å². The molecule has 1 saturated heterocycles.